The molecule has 0 unspecified atom stereocenters. The van der Waals surface area contributed by atoms with Crippen molar-refractivity contribution in [1.29, 1.82) is 0 Å². The van der Waals surface area contributed by atoms with Crippen LogP contribution in [0.3, 0.4) is 0 Å². The number of para-hydroxylation sites is 1. The van der Waals surface area contributed by atoms with Gasteiger partial charge >= 0.3 is 5.97 Å². The predicted octanol–water partition coefficient (Wildman–Crippen LogP) is 1.37. The fraction of sp³-hybridized carbons (Fsp3) is 0.375. The molecule has 0 aliphatic carbocycles. The number of carbonyl (C=O) groups excluding carboxylic acids is 1. The highest BCUT2D eigenvalue weighted by Crippen LogP contribution is 2.52. The quantitative estimate of drug-likeness (QED) is 0.833. The van der Waals surface area contributed by atoms with Crippen LogP contribution >= 0.6 is 0 Å². The Morgan fingerprint density at radius 2 is 2.19 bits per heavy atom. The summed E-state index contributed by atoms with van der Waals surface area (Å²) >= 11 is 0. The normalized spacial score (nSPS) is 36.3. The number of hydrogen-bond donors (Lipinski definition) is 1. The molecular weight excluding hydrogens is 270 g/mol. The number of ether oxygens (including phenoxy) is 1. The molecule has 4 rings (SSSR count). The molecule has 1 amide bonds. The molecule has 2 bridgehead atoms. The van der Waals surface area contributed by atoms with Gasteiger partial charge in [0.05, 0.1) is 18.6 Å². The number of aliphatic carboxylic acids is 1. The molecule has 2 fully saturated rings. The predicted molar refractivity (Wildman–Crippen MR) is 74.9 cm³/mol. The number of aryl methyl sites for hydroxylation is 1. The highest BCUT2D eigenvalue weighted by Gasteiger charge is 2.67. The number of amides is 1. The monoisotopic (exact) mass is 285 g/mol. The van der Waals surface area contributed by atoms with Crippen LogP contribution in [0.5, 0.6) is 0 Å². The van der Waals surface area contributed by atoms with Gasteiger partial charge in [-0.25, -0.2) is 0 Å². The first-order chi connectivity index (χ1) is 10.0. The number of anilines is 1. The van der Waals surface area contributed by atoms with Crippen molar-refractivity contribution in [2.45, 2.75) is 18.6 Å². The summed E-state index contributed by atoms with van der Waals surface area (Å²) in [7, 11) is 0. The van der Waals surface area contributed by atoms with Gasteiger partial charge in [-0.3, -0.25) is 9.59 Å². The van der Waals surface area contributed by atoms with Crippen molar-refractivity contribution in [1.82, 2.24) is 0 Å². The number of nitrogens with zero attached hydrogens (tertiary/aromatic N) is 1. The van der Waals surface area contributed by atoms with Gasteiger partial charge in [-0.15, -0.1) is 0 Å². The zero-order valence-corrected chi connectivity index (χ0v) is 11.5. The molecule has 5 nitrogen and oxygen atoms in total. The van der Waals surface area contributed by atoms with E-state index < -0.39 is 29.5 Å². The van der Waals surface area contributed by atoms with Crippen LogP contribution in [-0.2, 0) is 14.3 Å². The lowest BCUT2D eigenvalue weighted by Gasteiger charge is -2.22. The fourth-order valence-corrected chi connectivity index (χ4v) is 3.85. The largest absolute Gasteiger partial charge is 0.481 e. The standard InChI is InChI=1S/C16H15NO4/c1-9-4-2-3-5-10(9)17-8-16-7-6-11(21-16)12(15(19)20)13(16)14(17)18/h2-7,11-13H,8H2,1H3,(H,19,20)/t11-,12-,13+,16+/m1/s1. The molecule has 3 aliphatic heterocycles. The minimum atomic E-state index is -0.962. The summed E-state index contributed by atoms with van der Waals surface area (Å²) in [6, 6.07) is 7.62. The molecule has 108 valence electrons. The Balaban J connectivity index is 1.78. The lowest BCUT2D eigenvalue weighted by Crippen LogP contribution is -2.39. The van der Waals surface area contributed by atoms with Crippen LogP contribution < -0.4 is 4.90 Å². The molecule has 21 heavy (non-hydrogen) atoms. The minimum absolute atomic E-state index is 0.149. The molecule has 1 spiro atoms. The highest BCUT2D eigenvalue weighted by molar-refractivity contribution is 6.02. The van der Waals surface area contributed by atoms with E-state index in [2.05, 4.69) is 0 Å². The topological polar surface area (TPSA) is 66.8 Å². The Morgan fingerprint density at radius 3 is 2.90 bits per heavy atom. The van der Waals surface area contributed by atoms with E-state index in [0.717, 1.165) is 11.3 Å². The van der Waals surface area contributed by atoms with E-state index in [1.165, 1.54) is 0 Å². The average molecular weight is 285 g/mol. The van der Waals surface area contributed by atoms with Crippen LogP contribution in [-0.4, -0.2) is 35.2 Å². The van der Waals surface area contributed by atoms with Gasteiger partial charge in [0.25, 0.3) is 0 Å². The van der Waals surface area contributed by atoms with Gasteiger partial charge in [0.15, 0.2) is 0 Å². The number of rotatable bonds is 2. The Hall–Kier alpha value is -2.14. The van der Waals surface area contributed by atoms with Crippen molar-refractivity contribution in [3.63, 3.8) is 0 Å². The van der Waals surface area contributed by atoms with Crippen LogP contribution in [0.25, 0.3) is 0 Å². The molecule has 1 aromatic rings. The fourth-order valence-electron chi connectivity index (χ4n) is 3.85. The second-order valence-electron chi connectivity index (χ2n) is 5.95. The summed E-state index contributed by atoms with van der Waals surface area (Å²) in [5.41, 5.74) is 1.05. The molecule has 1 N–H and O–H groups in total. The maximum absolute atomic E-state index is 12.8. The van der Waals surface area contributed by atoms with Crippen LogP contribution in [0.1, 0.15) is 5.56 Å². The number of carbonyl (C=O) groups is 2. The van der Waals surface area contributed by atoms with Crippen molar-refractivity contribution in [2.75, 3.05) is 11.4 Å². The third-order valence-electron chi connectivity index (χ3n) is 4.79. The number of carboxylic acid groups (broad SMARTS) is 1. The van der Waals surface area contributed by atoms with Crippen molar-refractivity contribution >= 4 is 17.6 Å². The van der Waals surface area contributed by atoms with Crippen molar-refractivity contribution in [3.05, 3.63) is 42.0 Å². The van der Waals surface area contributed by atoms with E-state index in [4.69, 9.17) is 4.74 Å². The van der Waals surface area contributed by atoms with Crippen LogP contribution in [0.4, 0.5) is 5.69 Å². The summed E-state index contributed by atoms with van der Waals surface area (Å²) in [6.45, 7) is 2.33. The maximum atomic E-state index is 12.8. The van der Waals surface area contributed by atoms with Crippen molar-refractivity contribution in [3.8, 4) is 0 Å². The van der Waals surface area contributed by atoms with Gasteiger partial charge < -0.3 is 14.7 Å². The summed E-state index contributed by atoms with van der Waals surface area (Å²) in [4.78, 5) is 26.0. The number of fused-ring (bicyclic) bond motifs is 1. The second kappa shape index (κ2) is 3.95. The van der Waals surface area contributed by atoms with E-state index in [1.54, 1.807) is 11.0 Å². The smallest absolute Gasteiger partial charge is 0.310 e. The van der Waals surface area contributed by atoms with Gasteiger partial charge in [0.1, 0.15) is 11.5 Å². The van der Waals surface area contributed by atoms with Crippen LogP contribution in [0, 0.1) is 18.8 Å². The first-order valence-corrected chi connectivity index (χ1v) is 7.00. The van der Waals surface area contributed by atoms with Crippen LogP contribution in [0.15, 0.2) is 36.4 Å². The highest BCUT2D eigenvalue weighted by atomic mass is 16.5. The first-order valence-electron chi connectivity index (χ1n) is 7.00. The second-order valence-corrected chi connectivity index (χ2v) is 5.95. The lowest BCUT2D eigenvalue weighted by atomic mass is 9.77. The van der Waals surface area contributed by atoms with Gasteiger partial charge in [-0.05, 0) is 18.6 Å². The summed E-state index contributed by atoms with van der Waals surface area (Å²) in [6.07, 6.45) is 3.18. The van der Waals surface area contributed by atoms with Gasteiger partial charge in [-0.1, -0.05) is 30.4 Å². The average Bonchev–Trinajstić information content (AvgIpc) is 3.08. The number of carboxylic acids is 1. The van der Waals surface area contributed by atoms with E-state index in [1.807, 2.05) is 37.3 Å². The molecule has 3 aliphatic rings. The molecule has 0 saturated carbocycles. The first kappa shape index (κ1) is 12.6. The Bertz CT molecular complexity index is 683. The van der Waals surface area contributed by atoms with E-state index in [-0.39, 0.29) is 5.91 Å². The Morgan fingerprint density at radius 1 is 1.43 bits per heavy atom. The van der Waals surface area contributed by atoms with E-state index in [9.17, 15) is 14.7 Å². The zero-order valence-electron chi connectivity index (χ0n) is 11.5. The molecule has 5 heteroatoms. The van der Waals surface area contributed by atoms with Gasteiger partial charge in [0.2, 0.25) is 5.91 Å². The SMILES string of the molecule is Cc1ccccc1N1C[C@]23C=C[C@@H](O2)[C@@H](C(=O)O)[C@H]3C1=O. The molecule has 2 saturated heterocycles. The molecule has 0 radical (unpaired) electrons. The summed E-state index contributed by atoms with van der Waals surface area (Å²) in [5, 5.41) is 9.42. The van der Waals surface area contributed by atoms with E-state index in [0.29, 0.717) is 6.54 Å². The van der Waals surface area contributed by atoms with Crippen LogP contribution in [0.2, 0.25) is 0 Å². The molecular formula is C16H15NO4. The third-order valence-corrected chi connectivity index (χ3v) is 4.79. The van der Waals surface area contributed by atoms with Crippen molar-refractivity contribution in [2.24, 2.45) is 11.8 Å². The number of hydrogen-bond acceptors (Lipinski definition) is 3. The maximum Gasteiger partial charge on any atom is 0.310 e. The van der Waals surface area contributed by atoms with Gasteiger partial charge in [0, 0.05) is 5.69 Å². The molecule has 0 aromatic heterocycles. The Kier molecular flexibility index (Phi) is 2.37. The summed E-state index contributed by atoms with van der Waals surface area (Å²) in [5.74, 6) is -2.51. The summed E-state index contributed by atoms with van der Waals surface area (Å²) < 4.78 is 5.87. The number of benzene rings is 1. The van der Waals surface area contributed by atoms with E-state index >= 15 is 0 Å². The van der Waals surface area contributed by atoms with Crippen molar-refractivity contribution < 1.29 is 19.4 Å². The lowest BCUT2D eigenvalue weighted by molar-refractivity contribution is -0.146. The molecule has 4 atom stereocenters. The molecule has 3 heterocycles. The molecule has 1 aromatic carbocycles. The third kappa shape index (κ3) is 1.49. The zero-order chi connectivity index (χ0) is 14.8. The minimum Gasteiger partial charge on any atom is -0.481 e. The van der Waals surface area contributed by atoms with Gasteiger partial charge in [-0.2, -0.15) is 0 Å². The Labute approximate surface area is 121 Å².